The molecule has 0 radical (unpaired) electrons. The van der Waals surface area contributed by atoms with Crippen LogP contribution in [0.3, 0.4) is 0 Å². The zero-order valence-electron chi connectivity index (χ0n) is 9.85. The second-order valence-electron chi connectivity index (χ2n) is 3.98. The van der Waals surface area contributed by atoms with E-state index in [1.165, 1.54) is 6.07 Å². The van der Waals surface area contributed by atoms with Gasteiger partial charge in [-0.25, -0.2) is 9.52 Å². The number of nitrogens with one attached hydrogen (secondary N) is 1. The second kappa shape index (κ2) is 6.42. The molecule has 0 saturated carbocycles. The van der Waals surface area contributed by atoms with Crippen LogP contribution < -0.4 is 10.3 Å². The third-order valence-electron chi connectivity index (χ3n) is 2.62. The van der Waals surface area contributed by atoms with E-state index in [1.54, 1.807) is 6.07 Å². The molecule has 1 atom stereocenters. The third-order valence-corrected chi connectivity index (χ3v) is 3.71. The number of hydrogen-bond acceptors (Lipinski definition) is 4. The average Bonchev–Trinajstić information content (AvgIpc) is 2.35. The molecule has 0 aliphatic rings. The maximum atomic E-state index is 11.2. The Morgan fingerprint density at radius 3 is 2.89 bits per heavy atom. The smallest absolute Gasteiger partial charge is 0.337 e. The van der Waals surface area contributed by atoms with Gasteiger partial charge < -0.3 is 8.97 Å². The monoisotopic (exact) mass is 344 g/mol. The molecule has 0 saturated heterocycles. The molecule has 1 unspecified atom stereocenters. The van der Waals surface area contributed by atoms with Crippen LogP contribution in [0.25, 0.3) is 11.0 Å². The number of fused-ring (bicyclic) bond motifs is 1. The molecule has 2 rings (SSSR count). The molecule has 0 fully saturated rings. The van der Waals surface area contributed by atoms with E-state index >= 15 is 0 Å². The molecule has 0 amide bonds. The molecule has 1 N–H and O–H groups in total. The number of halogens is 1. The van der Waals surface area contributed by atoms with Crippen LogP contribution in [-0.2, 0) is 17.7 Å². The van der Waals surface area contributed by atoms with E-state index in [0.29, 0.717) is 23.0 Å². The van der Waals surface area contributed by atoms with Crippen molar-refractivity contribution in [2.75, 3.05) is 6.54 Å². The van der Waals surface area contributed by atoms with Crippen LogP contribution in [0, 0.1) is 0 Å². The summed E-state index contributed by atoms with van der Waals surface area (Å²) < 4.78 is 28.7. The molecule has 1 aromatic carbocycles. The van der Waals surface area contributed by atoms with Crippen LogP contribution in [0.2, 0.25) is 0 Å². The predicted octanol–water partition coefficient (Wildman–Crippen LogP) is 1.87. The van der Waals surface area contributed by atoms with Gasteiger partial charge in [-0.05, 0) is 46.5 Å². The van der Waals surface area contributed by atoms with Crippen molar-refractivity contribution in [1.82, 2.24) is 4.72 Å². The molecule has 0 aliphatic carbocycles. The second-order valence-corrected chi connectivity index (χ2v) is 5.59. The van der Waals surface area contributed by atoms with Gasteiger partial charge >= 0.3 is 5.63 Å². The lowest BCUT2D eigenvalue weighted by atomic mass is 10.1. The zero-order valence-corrected chi connectivity index (χ0v) is 12.3. The van der Waals surface area contributed by atoms with E-state index in [9.17, 15) is 13.6 Å². The van der Waals surface area contributed by atoms with Crippen molar-refractivity contribution in [1.29, 1.82) is 0 Å². The minimum Gasteiger partial charge on any atom is -0.760 e. The topological polar surface area (TPSA) is 82.4 Å². The molecule has 7 heteroatoms. The van der Waals surface area contributed by atoms with Gasteiger partial charge in [0, 0.05) is 33.7 Å². The summed E-state index contributed by atoms with van der Waals surface area (Å²) in [6.07, 6.45) is 1.44. The highest BCUT2D eigenvalue weighted by Gasteiger charge is 2.04. The van der Waals surface area contributed by atoms with Crippen molar-refractivity contribution in [3.05, 3.63) is 44.7 Å². The predicted molar refractivity (Wildman–Crippen MR) is 75.4 cm³/mol. The van der Waals surface area contributed by atoms with E-state index in [2.05, 4.69) is 20.7 Å². The Balaban J connectivity index is 2.13. The van der Waals surface area contributed by atoms with Gasteiger partial charge in [-0.15, -0.1) is 0 Å². The van der Waals surface area contributed by atoms with Gasteiger partial charge in [-0.2, -0.15) is 0 Å². The maximum Gasteiger partial charge on any atom is 0.337 e. The molecule has 1 heterocycles. The fourth-order valence-corrected chi connectivity index (χ4v) is 2.58. The Bertz CT molecular complexity index is 670. The van der Waals surface area contributed by atoms with Crippen molar-refractivity contribution in [3.63, 3.8) is 0 Å². The Morgan fingerprint density at radius 1 is 1.37 bits per heavy atom. The highest BCUT2D eigenvalue weighted by Crippen LogP contribution is 2.23. The third kappa shape index (κ3) is 3.97. The lowest BCUT2D eigenvalue weighted by Gasteiger charge is -2.07. The van der Waals surface area contributed by atoms with Crippen LogP contribution in [0.15, 0.2) is 37.9 Å². The summed E-state index contributed by atoms with van der Waals surface area (Å²) >= 11 is 1.12. The summed E-state index contributed by atoms with van der Waals surface area (Å²) in [7, 11) is 0. The van der Waals surface area contributed by atoms with Crippen LogP contribution in [0.5, 0.6) is 0 Å². The van der Waals surface area contributed by atoms with Crippen molar-refractivity contribution < 1.29 is 13.2 Å². The molecule has 0 spiro atoms. The summed E-state index contributed by atoms with van der Waals surface area (Å²) in [4.78, 5) is 11.2. The van der Waals surface area contributed by atoms with Gasteiger partial charge in [0.25, 0.3) is 0 Å². The van der Waals surface area contributed by atoms with Crippen LogP contribution in [0.1, 0.15) is 12.0 Å². The minimum absolute atomic E-state index is 0.394. The van der Waals surface area contributed by atoms with E-state index in [1.807, 2.05) is 12.1 Å². The molecular weight excluding hydrogens is 334 g/mol. The summed E-state index contributed by atoms with van der Waals surface area (Å²) in [5, 5.41) is 0.831. The molecule has 19 heavy (non-hydrogen) atoms. The first-order chi connectivity index (χ1) is 9.06. The maximum absolute atomic E-state index is 11.2. The average molecular weight is 345 g/mol. The molecule has 102 valence electrons. The Labute approximate surface area is 120 Å². The summed E-state index contributed by atoms with van der Waals surface area (Å²) in [5.74, 6) is 0. The zero-order chi connectivity index (χ0) is 13.8. The Hall–Kier alpha value is -1.02. The lowest BCUT2D eigenvalue weighted by molar-refractivity contribution is 0.521. The lowest BCUT2D eigenvalue weighted by Crippen LogP contribution is -2.18. The number of rotatable bonds is 5. The van der Waals surface area contributed by atoms with E-state index in [-0.39, 0.29) is 0 Å². The highest BCUT2D eigenvalue weighted by atomic mass is 79.9. The first-order valence-corrected chi connectivity index (χ1v) is 7.48. The Morgan fingerprint density at radius 2 is 2.16 bits per heavy atom. The number of hydrogen-bond donors (Lipinski definition) is 1. The van der Waals surface area contributed by atoms with E-state index in [4.69, 9.17) is 4.42 Å². The van der Waals surface area contributed by atoms with Crippen LogP contribution in [-0.4, -0.2) is 15.3 Å². The fourth-order valence-electron chi connectivity index (χ4n) is 1.78. The minimum atomic E-state index is -2.21. The number of benzene rings is 1. The van der Waals surface area contributed by atoms with Crippen molar-refractivity contribution in [3.8, 4) is 0 Å². The SMILES string of the molecule is O=c1cc(Br)c2cc(CCCNS(=O)[O-])ccc2o1. The molecule has 2 aromatic rings. The van der Waals surface area contributed by atoms with Crippen molar-refractivity contribution in [2.45, 2.75) is 12.8 Å². The first-order valence-electron chi connectivity index (χ1n) is 5.61. The largest absolute Gasteiger partial charge is 0.760 e. The highest BCUT2D eigenvalue weighted by molar-refractivity contribution is 9.10. The van der Waals surface area contributed by atoms with E-state index < -0.39 is 16.9 Å². The van der Waals surface area contributed by atoms with Gasteiger partial charge in [0.1, 0.15) is 5.58 Å². The van der Waals surface area contributed by atoms with Crippen LogP contribution in [0.4, 0.5) is 0 Å². The standard InChI is InChI=1S/C12H12BrNO4S/c13-10-7-12(15)18-11-4-3-8(6-9(10)11)2-1-5-14-19(16)17/h3-4,6-7,14H,1-2,5H2,(H,16,17)/p-1. The molecule has 1 aromatic heterocycles. The molecule has 5 nitrogen and oxygen atoms in total. The summed E-state index contributed by atoms with van der Waals surface area (Å²) in [5.41, 5.74) is 1.19. The Kier molecular flexibility index (Phi) is 4.87. The summed E-state index contributed by atoms with van der Waals surface area (Å²) in [6.45, 7) is 0.402. The van der Waals surface area contributed by atoms with Gasteiger partial charge in [-0.1, -0.05) is 6.07 Å². The fraction of sp³-hybridized carbons (Fsp3) is 0.250. The van der Waals surface area contributed by atoms with Gasteiger partial charge in [0.2, 0.25) is 0 Å². The number of aryl methyl sites for hydroxylation is 1. The van der Waals surface area contributed by atoms with Crippen molar-refractivity contribution >= 4 is 38.2 Å². The normalized spacial score (nSPS) is 12.7. The van der Waals surface area contributed by atoms with E-state index in [0.717, 1.165) is 17.4 Å². The van der Waals surface area contributed by atoms with Gasteiger partial charge in [0.15, 0.2) is 0 Å². The van der Waals surface area contributed by atoms with Crippen molar-refractivity contribution in [2.24, 2.45) is 0 Å². The van der Waals surface area contributed by atoms with Gasteiger partial charge in [-0.3, -0.25) is 4.21 Å². The molecular formula is C12H11BrNO4S-. The first kappa shape index (κ1) is 14.4. The molecule has 0 bridgehead atoms. The molecule has 0 aliphatic heterocycles. The summed E-state index contributed by atoms with van der Waals surface area (Å²) in [6, 6.07) is 6.92. The van der Waals surface area contributed by atoms with Gasteiger partial charge in [0.05, 0.1) is 0 Å². The van der Waals surface area contributed by atoms with Crippen LogP contribution >= 0.6 is 15.9 Å². The quantitative estimate of drug-likeness (QED) is 0.510.